The summed E-state index contributed by atoms with van der Waals surface area (Å²) in [4.78, 5) is 15.0. The zero-order valence-electron chi connectivity index (χ0n) is 12.8. The van der Waals surface area contributed by atoms with Gasteiger partial charge in [-0.15, -0.1) is 0 Å². The van der Waals surface area contributed by atoms with Crippen molar-refractivity contribution in [1.82, 2.24) is 9.55 Å². The van der Waals surface area contributed by atoms with Crippen molar-refractivity contribution in [3.63, 3.8) is 0 Å². The lowest BCUT2D eigenvalue weighted by Crippen LogP contribution is -1.99. The molecule has 0 saturated heterocycles. The normalized spacial score (nSPS) is 10.4. The second kappa shape index (κ2) is 7.38. The van der Waals surface area contributed by atoms with Crippen LogP contribution in [0, 0.1) is 21.4 Å². The number of thioether (sulfide) groups is 1. The van der Waals surface area contributed by atoms with Crippen LogP contribution in [0.1, 0.15) is 0 Å². The third-order valence-electron chi connectivity index (χ3n) is 3.43. The summed E-state index contributed by atoms with van der Waals surface area (Å²) in [5.41, 5.74) is 2.18. The highest BCUT2D eigenvalue weighted by Gasteiger charge is 2.16. The topological polar surface area (TPSA) is 84.8 Å². The summed E-state index contributed by atoms with van der Waals surface area (Å²) in [5, 5.41) is 21.1. The van der Waals surface area contributed by atoms with Crippen LogP contribution in [0.3, 0.4) is 0 Å². The second-order valence-electron chi connectivity index (χ2n) is 4.99. The summed E-state index contributed by atoms with van der Waals surface area (Å²) in [6, 6.07) is 15.6. The second-order valence-corrected chi connectivity index (χ2v) is 6.37. The zero-order chi connectivity index (χ0) is 17.8. The highest BCUT2D eigenvalue weighted by molar-refractivity contribution is 7.99. The van der Waals surface area contributed by atoms with Crippen molar-refractivity contribution >= 4 is 29.1 Å². The zero-order valence-corrected chi connectivity index (χ0v) is 14.4. The molecule has 0 N–H and O–H groups in total. The van der Waals surface area contributed by atoms with Gasteiger partial charge < -0.3 is 0 Å². The van der Waals surface area contributed by atoms with E-state index in [1.54, 1.807) is 30.5 Å². The Morgan fingerprint density at radius 1 is 1.28 bits per heavy atom. The van der Waals surface area contributed by atoms with Gasteiger partial charge in [0.25, 0.3) is 5.69 Å². The molecule has 0 atom stereocenters. The van der Waals surface area contributed by atoms with Crippen molar-refractivity contribution in [2.75, 3.05) is 5.75 Å². The van der Waals surface area contributed by atoms with Crippen molar-refractivity contribution in [3.8, 4) is 23.0 Å². The number of nitrogens with zero attached hydrogens (tertiary/aromatic N) is 4. The maximum absolute atomic E-state index is 11.1. The molecule has 3 aromatic rings. The standard InChI is InChI=1S/C17H11ClN4O2S/c18-13-4-6-14(7-5-13)21-16(11-20-17(21)25-9-8-19)12-2-1-3-15(10-12)22(23)24/h1-7,10-11H,9H2. The number of imidazole rings is 1. The van der Waals surface area contributed by atoms with E-state index in [0.717, 1.165) is 5.69 Å². The van der Waals surface area contributed by atoms with E-state index in [1.165, 1.54) is 23.9 Å². The number of aromatic nitrogens is 2. The molecular weight excluding hydrogens is 360 g/mol. The molecule has 0 unspecified atom stereocenters. The maximum atomic E-state index is 11.1. The van der Waals surface area contributed by atoms with Crippen molar-refractivity contribution < 1.29 is 4.92 Å². The smallest absolute Gasteiger partial charge is 0.270 e. The SMILES string of the molecule is N#CCSc1ncc(-c2cccc([N+](=O)[O-])c2)n1-c1ccc(Cl)cc1. The molecule has 0 amide bonds. The fourth-order valence-corrected chi connectivity index (χ4v) is 3.14. The fraction of sp³-hybridized carbons (Fsp3) is 0.0588. The summed E-state index contributed by atoms with van der Waals surface area (Å²) < 4.78 is 1.86. The van der Waals surface area contributed by atoms with Gasteiger partial charge in [0.15, 0.2) is 5.16 Å². The first-order chi connectivity index (χ1) is 12.1. The maximum Gasteiger partial charge on any atom is 0.270 e. The molecule has 8 heteroatoms. The van der Waals surface area contributed by atoms with Gasteiger partial charge in [0.1, 0.15) is 0 Å². The van der Waals surface area contributed by atoms with Crippen molar-refractivity contribution in [2.45, 2.75) is 5.16 Å². The first kappa shape index (κ1) is 17.0. The molecule has 2 aromatic carbocycles. The van der Waals surface area contributed by atoms with E-state index >= 15 is 0 Å². The van der Waals surface area contributed by atoms with Gasteiger partial charge in [0.2, 0.25) is 0 Å². The number of rotatable bonds is 5. The number of non-ortho nitro benzene ring substituents is 1. The van der Waals surface area contributed by atoms with Gasteiger partial charge in [-0.25, -0.2) is 4.98 Å². The lowest BCUT2D eigenvalue weighted by Gasteiger charge is -2.11. The number of halogens is 1. The summed E-state index contributed by atoms with van der Waals surface area (Å²) in [5.74, 6) is 0.249. The molecule has 0 radical (unpaired) electrons. The van der Waals surface area contributed by atoms with E-state index < -0.39 is 4.92 Å². The Bertz CT molecular complexity index is 964. The van der Waals surface area contributed by atoms with Crippen LogP contribution in [0.2, 0.25) is 5.02 Å². The summed E-state index contributed by atoms with van der Waals surface area (Å²) in [6.45, 7) is 0. The van der Waals surface area contributed by atoms with Crippen LogP contribution < -0.4 is 0 Å². The van der Waals surface area contributed by atoms with Gasteiger partial charge in [-0.3, -0.25) is 14.7 Å². The average Bonchev–Trinajstić information content (AvgIpc) is 3.04. The molecule has 0 spiro atoms. The minimum atomic E-state index is -0.433. The van der Waals surface area contributed by atoms with E-state index in [9.17, 15) is 10.1 Å². The first-order valence-corrected chi connectivity index (χ1v) is 8.55. The Morgan fingerprint density at radius 2 is 2.04 bits per heavy atom. The molecule has 3 rings (SSSR count). The molecule has 124 valence electrons. The van der Waals surface area contributed by atoms with Crippen molar-refractivity contribution in [2.24, 2.45) is 0 Å². The molecule has 0 aliphatic heterocycles. The fourth-order valence-electron chi connectivity index (χ4n) is 2.36. The number of nitro benzene ring substituents is 1. The van der Waals surface area contributed by atoms with Crippen LogP contribution in [-0.2, 0) is 0 Å². The highest BCUT2D eigenvalue weighted by atomic mass is 35.5. The molecule has 0 fully saturated rings. The minimum Gasteiger partial charge on any atom is -0.287 e. The lowest BCUT2D eigenvalue weighted by atomic mass is 10.1. The van der Waals surface area contributed by atoms with E-state index in [0.29, 0.717) is 21.4 Å². The molecule has 0 bridgehead atoms. The van der Waals surface area contributed by atoms with Gasteiger partial charge in [0, 0.05) is 28.4 Å². The number of hydrogen-bond donors (Lipinski definition) is 0. The third-order valence-corrected chi connectivity index (χ3v) is 4.50. The largest absolute Gasteiger partial charge is 0.287 e. The van der Waals surface area contributed by atoms with Crippen LogP contribution in [0.15, 0.2) is 59.9 Å². The summed E-state index contributed by atoms with van der Waals surface area (Å²) >= 11 is 7.26. The highest BCUT2D eigenvalue weighted by Crippen LogP contribution is 2.31. The number of benzene rings is 2. The summed E-state index contributed by atoms with van der Waals surface area (Å²) in [7, 11) is 0. The molecule has 25 heavy (non-hydrogen) atoms. The Balaban J connectivity index is 2.15. The number of nitriles is 1. The first-order valence-electron chi connectivity index (χ1n) is 7.18. The van der Waals surface area contributed by atoms with E-state index in [4.69, 9.17) is 16.9 Å². The monoisotopic (exact) mass is 370 g/mol. The molecule has 1 aromatic heterocycles. The minimum absolute atomic E-state index is 0.00702. The van der Waals surface area contributed by atoms with E-state index in [-0.39, 0.29) is 11.4 Å². The quantitative estimate of drug-likeness (QED) is 0.368. The Hall–Kier alpha value is -2.82. The van der Waals surface area contributed by atoms with Crippen LogP contribution in [0.4, 0.5) is 5.69 Å². The van der Waals surface area contributed by atoms with E-state index in [2.05, 4.69) is 11.1 Å². The van der Waals surface area contributed by atoms with Crippen molar-refractivity contribution in [1.29, 1.82) is 5.26 Å². The third kappa shape index (κ3) is 3.65. The predicted molar refractivity (Wildman–Crippen MR) is 97.0 cm³/mol. The van der Waals surface area contributed by atoms with Crippen LogP contribution in [0.25, 0.3) is 16.9 Å². The van der Waals surface area contributed by atoms with Gasteiger partial charge in [-0.05, 0) is 24.3 Å². The van der Waals surface area contributed by atoms with Gasteiger partial charge >= 0.3 is 0 Å². The average molecular weight is 371 g/mol. The van der Waals surface area contributed by atoms with Crippen molar-refractivity contribution in [3.05, 3.63) is 69.9 Å². The molecule has 0 aliphatic rings. The molecule has 0 aliphatic carbocycles. The Kier molecular flexibility index (Phi) is 5.03. The Morgan fingerprint density at radius 3 is 2.72 bits per heavy atom. The van der Waals surface area contributed by atoms with Gasteiger partial charge in [-0.2, -0.15) is 5.26 Å². The molecule has 0 saturated carbocycles. The van der Waals surface area contributed by atoms with Gasteiger partial charge in [0.05, 0.1) is 28.6 Å². The summed E-state index contributed by atoms with van der Waals surface area (Å²) in [6.07, 6.45) is 1.65. The Labute approximate surface area is 152 Å². The van der Waals surface area contributed by atoms with Crippen LogP contribution in [-0.4, -0.2) is 20.2 Å². The molecule has 6 nitrogen and oxygen atoms in total. The predicted octanol–water partition coefficient (Wildman–Crippen LogP) is 4.72. The number of hydrogen-bond acceptors (Lipinski definition) is 5. The van der Waals surface area contributed by atoms with Gasteiger partial charge in [-0.1, -0.05) is 35.5 Å². The van der Waals surface area contributed by atoms with Crippen LogP contribution >= 0.6 is 23.4 Å². The number of nitro groups is 1. The van der Waals surface area contributed by atoms with E-state index in [1.807, 2.05) is 16.7 Å². The lowest BCUT2D eigenvalue weighted by molar-refractivity contribution is -0.384. The van der Waals surface area contributed by atoms with Crippen LogP contribution in [0.5, 0.6) is 0 Å². The molecular formula is C17H11ClN4O2S. The molecule has 1 heterocycles.